The summed E-state index contributed by atoms with van der Waals surface area (Å²) in [4.78, 5) is 33.1. The van der Waals surface area contributed by atoms with Crippen LogP contribution in [-0.2, 0) is 19.7 Å². The predicted octanol–water partition coefficient (Wildman–Crippen LogP) is 4.87. The number of hydrogen-bond acceptors (Lipinski definition) is 5. The molecule has 0 bridgehead atoms. The van der Waals surface area contributed by atoms with Gasteiger partial charge in [0.05, 0.1) is 17.9 Å². The number of esters is 1. The molecule has 2 heterocycles. The topological polar surface area (TPSA) is 59.0 Å². The third-order valence-corrected chi connectivity index (χ3v) is 6.24. The largest absolute Gasteiger partial charge is 0.463 e. The molecule has 0 saturated heterocycles. The number of anilines is 1. The predicted molar refractivity (Wildman–Crippen MR) is 117 cm³/mol. The average molecular weight is 427 g/mol. The molecule has 0 aromatic heterocycles. The van der Waals surface area contributed by atoms with E-state index in [9.17, 15) is 9.59 Å². The van der Waals surface area contributed by atoms with Gasteiger partial charge in [-0.25, -0.2) is 9.79 Å². The van der Waals surface area contributed by atoms with E-state index in [0.717, 1.165) is 5.69 Å². The van der Waals surface area contributed by atoms with Gasteiger partial charge in [0, 0.05) is 22.8 Å². The molecule has 2 aliphatic rings. The number of carbonyl (C=O) groups excluding carboxylic acids is 2. The first-order valence-electron chi connectivity index (χ1n) is 9.34. The van der Waals surface area contributed by atoms with Crippen molar-refractivity contribution in [3.8, 4) is 0 Å². The Balaban J connectivity index is 1.99. The third kappa shape index (κ3) is 2.98. The Morgan fingerprint density at radius 2 is 1.97 bits per heavy atom. The smallest absolute Gasteiger partial charge is 0.336 e. The fourth-order valence-electron chi connectivity index (χ4n) is 3.80. The molecule has 2 aromatic carbocycles. The number of hydrogen-bond donors (Lipinski definition) is 0. The van der Waals surface area contributed by atoms with Gasteiger partial charge in [-0.15, -0.1) is 0 Å². The van der Waals surface area contributed by atoms with Crippen molar-refractivity contribution in [2.75, 3.05) is 18.1 Å². The average Bonchev–Trinajstić information content (AvgIpc) is 3.20. The second-order valence-electron chi connectivity index (χ2n) is 6.58. The summed E-state index contributed by atoms with van der Waals surface area (Å²) in [6.45, 7) is 4.33. The summed E-state index contributed by atoms with van der Waals surface area (Å²) in [5.74, 6) is -0.730. The van der Waals surface area contributed by atoms with Crippen LogP contribution in [-0.4, -0.2) is 30.1 Å². The lowest BCUT2D eigenvalue weighted by Gasteiger charge is -2.26. The maximum atomic E-state index is 13.8. The molecule has 0 aliphatic carbocycles. The van der Waals surface area contributed by atoms with Gasteiger partial charge in [-0.1, -0.05) is 41.6 Å². The number of thioether (sulfide) groups is 1. The summed E-state index contributed by atoms with van der Waals surface area (Å²) in [5, 5.41) is 2.70. The summed E-state index contributed by atoms with van der Waals surface area (Å²) in [6, 6.07) is 14.7. The van der Waals surface area contributed by atoms with Crippen molar-refractivity contribution in [1.82, 2.24) is 0 Å². The van der Waals surface area contributed by atoms with Gasteiger partial charge in [0.1, 0.15) is 5.04 Å². The van der Waals surface area contributed by atoms with E-state index in [2.05, 4.69) is 0 Å². The van der Waals surface area contributed by atoms with Crippen LogP contribution in [0.2, 0.25) is 5.02 Å². The molecular weight excluding hydrogens is 408 g/mol. The van der Waals surface area contributed by atoms with E-state index in [0.29, 0.717) is 27.9 Å². The number of carbonyl (C=O) groups is 2. The molecule has 0 saturated carbocycles. The van der Waals surface area contributed by atoms with Gasteiger partial charge >= 0.3 is 5.97 Å². The fraction of sp³-hybridized carbons (Fsp3) is 0.227. The number of fused-ring (bicyclic) bond motifs is 2. The van der Waals surface area contributed by atoms with Crippen LogP contribution in [0.5, 0.6) is 0 Å². The number of rotatable bonds is 4. The Morgan fingerprint density at radius 1 is 1.21 bits per heavy atom. The number of nitrogens with zero attached hydrogens (tertiary/aromatic N) is 2. The highest BCUT2D eigenvalue weighted by molar-refractivity contribution is 8.17. The van der Waals surface area contributed by atoms with E-state index in [1.54, 1.807) is 29.4 Å². The fourth-order valence-corrected chi connectivity index (χ4v) is 5.12. The van der Waals surface area contributed by atoms with E-state index in [1.165, 1.54) is 11.8 Å². The molecule has 7 heteroatoms. The van der Waals surface area contributed by atoms with E-state index >= 15 is 0 Å². The second-order valence-corrected chi connectivity index (χ2v) is 7.88. The summed E-state index contributed by atoms with van der Waals surface area (Å²) in [7, 11) is 0. The Hall–Kier alpha value is -2.57. The van der Waals surface area contributed by atoms with Crippen molar-refractivity contribution in [3.05, 3.63) is 70.1 Å². The Labute approximate surface area is 178 Å². The highest BCUT2D eigenvalue weighted by atomic mass is 35.5. The van der Waals surface area contributed by atoms with Gasteiger partial charge in [0.25, 0.3) is 0 Å². The standard InChI is InChI=1S/C22H19ClN2O3S/c1-3-25-18-11-10-14(23)12-16(18)22(21(25)27)17(19(26)28-4-2)13-29-20(22)24-15-8-6-5-7-9-15/h5-13H,3-4H2,1-2H3. The van der Waals surface area contributed by atoms with Crippen molar-refractivity contribution >= 4 is 51.7 Å². The number of aliphatic imine (C=N–C) groups is 1. The van der Waals surface area contributed by atoms with Gasteiger partial charge < -0.3 is 9.64 Å². The van der Waals surface area contributed by atoms with Gasteiger partial charge in [-0.3, -0.25) is 4.79 Å². The Kier molecular flexibility index (Phi) is 5.23. The summed E-state index contributed by atoms with van der Waals surface area (Å²) in [5.41, 5.74) is 1.04. The summed E-state index contributed by atoms with van der Waals surface area (Å²) in [6.07, 6.45) is 0. The van der Waals surface area contributed by atoms with Crippen LogP contribution in [0, 0.1) is 0 Å². The zero-order valence-corrected chi connectivity index (χ0v) is 17.6. The molecule has 2 aromatic rings. The molecule has 1 amide bonds. The lowest BCUT2D eigenvalue weighted by molar-refractivity contribution is -0.140. The van der Waals surface area contributed by atoms with E-state index < -0.39 is 11.4 Å². The highest BCUT2D eigenvalue weighted by Gasteiger charge is 2.61. The quantitative estimate of drug-likeness (QED) is 0.654. The monoisotopic (exact) mass is 426 g/mol. The van der Waals surface area contributed by atoms with Crippen LogP contribution in [0.15, 0.2) is 64.5 Å². The lowest BCUT2D eigenvalue weighted by Crippen LogP contribution is -2.46. The maximum absolute atomic E-state index is 13.8. The molecule has 2 aliphatic heterocycles. The lowest BCUT2D eigenvalue weighted by atomic mass is 9.76. The molecule has 148 valence electrons. The molecule has 29 heavy (non-hydrogen) atoms. The van der Waals surface area contributed by atoms with Crippen molar-refractivity contribution < 1.29 is 14.3 Å². The van der Waals surface area contributed by atoms with Crippen LogP contribution in [0.4, 0.5) is 11.4 Å². The van der Waals surface area contributed by atoms with E-state index in [1.807, 2.05) is 43.3 Å². The summed E-state index contributed by atoms with van der Waals surface area (Å²) >= 11 is 7.59. The summed E-state index contributed by atoms with van der Waals surface area (Å²) < 4.78 is 5.29. The first-order valence-corrected chi connectivity index (χ1v) is 10.6. The Bertz CT molecular complexity index is 1050. The normalized spacial score (nSPS) is 21.6. The minimum absolute atomic E-state index is 0.212. The molecule has 4 rings (SSSR count). The Morgan fingerprint density at radius 3 is 2.66 bits per heavy atom. The van der Waals surface area contributed by atoms with E-state index in [-0.39, 0.29) is 18.1 Å². The number of amides is 1. The molecule has 1 unspecified atom stereocenters. The SMILES string of the molecule is CCOC(=O)C1=CSC(=Nc2ccccc2)C12C(=O)N(CC)c1ccc(Cl)cc12. The van der Waals surface area contributed by atoms with Crippen LogP contribution < -0.4 is 4.90 Å². The number of para-hydroxylation sites is 1. The van der Waals surface area contributed by atoms with Gasteiger partial charge in [0.2, 0.25) is 5.91 Å². The van der Waals surface area contributed by atoms with Crippen LogP contribution in [0.1, 0.15) is 19.4 Å². The highest BCUT2D eigenvalue weighted by Crippen LogP contribution is 2.54. The molecule has 0 fully saturated rings. The number of benzene rings is 2. The van der Waals surface area contributed by atoms with Crippen LogP contribution >= 0.6 is 23.4 Å². The first-order chi connectivity index (χ1) is 14.0. The molecule has 0 N–H and O–H groups in total. The van der Waals surface area contributed by atoms with Crippen LogP contribution in [0.25, 0.3) is 0 Å². The zero-order chi connectivity index (χ0) is 20.6. The van der Waals surface area contributed by atoms with Gasteiger partial charge in [0.15, 0.2) is 5.41 Å². The molecular formula is C22H19ClN2O3S. The second kappa shape index (κ2) is 7.69. The molecule has 5 nitrogen and oxygen atoms in total. The minimum atomic E-state index is -1.34. The molecule has 1 atom stereocenters. The molecule has 0 radical (unpaired) electrons. The van der Waals surface area contributed by atoms with Crippen LogP contribution in [0.3, 0.4) is 0 Å². The van der Waals surface area contributed by atoms with Crippen molar-refractivity contribution in [2.24, 2.45) is 4.99 Å². The maximum Gasteiger partial charge on any atom is 0.336 e. The number of ether oxygens (including phenoxy) is 1. The third-order valence-electron chi connectivity index (χ3n) is 5.03. The molecule has 1 spiro atoms. The van der Waals surface area contributed by atoms with Gasteiger partial charge in [-0.2, -0.15) is 0 Å². The number of likely N-dealkylation sites (N-methyl/N-ethyl adjacent to an activating group) is 1. The first kappa shape index (κ1) is 19.7. The van der Waals surface area contributed by atoms with E-state index in [4.69, 9.17) is 21.3 Å². The van der Waals surface area contributed by atoms with Gasteiger partial charge in [-0.05, 0) is 49.6 Å². The van der Waals surface area contributed by atoms with Crippen molar-refractivity contribution in [3.63, 3.8) is 0 Å². The van der Waals surface area contributed by atoms with Crippen molar-refractivity contribution in [1.29, 1.82) is 0 Å². The number of halogens is 1. The zero-order valence-electron chi connectivity index (χ0n) is 16.0. The minimum Gasteiger partial charge on any atom is -0.463 e. The van der Waals surface area contributed by atoms with Crippen molar-refractivity contribution in [2.45, 2.75) is 19.3 Å².